The molecule has 6 heteroatoms. The maximum atomic E-state index is 12.9. The molecule has 0 bridgehead atoms. The highest BCUT2D eigenvalue weighted by atomic mass is 16.6. The zero-order chi connectivity index (χ0) is 54.3. The topological polar surface area (TPSA) is 78.9 Å². The molecular formula is C69H114O6. The van der Waals surface area contributed by atoms with Crippen LogP contribution in [0.4, 0.5) is 0 Å². The lowest BCUT2D eigenvalue weighted by atomic mass is 10.1. The Morgan fingerprint density at radius 2 is 0.533 bits per heavy atom. The maximum absolute atomic E-state index is 12.9. The van der Waals surface area contributed by atoms with Crippen molar-refractivity contribution < 1.29 is 28.6 Å². The first kappa shape index (κ1) is 70.8. The molecule has 1 atom stereocenters. The lowest BCUT2D eigenvalue weighted by Crippen LogP contribution is -2.30. The summed E-state index contributed by atoms with van der Waals surface area (Å²) in [5, 5.41) is 0. The molecule has 0 aromatic rings. The molecule has 426 valence electrons. The Morgan fingerprint density at radius 1 is 0.280 bits per heavy atom. The number of allylic oxidation sites excluding steroid dienone is 20. The van der Waals surface area contributed by atoms with Gasteiger partial charge in [-0.05, 0) is 128 Å². The lowest BCUT2D eigenvalue weighted by molar-refractivity contribution is -0.167. The van der Waals surface area contributed by atoms with Crippen LogP contribution < -0.4 is 0 Å². The van der Waals surface area contributed by atoms with E-state index in [-0.39, 0.29) is 31.1 Å². The van der Waals surface area contributed by atoms with E-state index in [0.717, 1.165) is 154 Å². The van der Waals surface area contributed by atoms with E-state index in [1.165, 1.54) is 83.5 Å². The van der Waals surface area contributed by atoms with Gasteiger partial charge in [0.2, 0.25) is 0 Å². The van der Waals surface area contributed by atoms with Crippen LogP contribution in [-0.4, -0.2) is 37.2 Å². The molecule has 0 amide bonds. The summed E-state index contributed by atoms with van der Waals surface area (Å²) in [6.45, 7) is 6.44. The van der Waals surface area contributed by atoms with Crippen LogP contribution in [0.5, 0.6) is 0 Å². The molecule has 0 N–H and O–H groups in total. The van der Waals surface area contributed by atoms with Gasteiger partial charge in [-0.2, -0.15) is 0 Å². The summed E-state index contributed by atoms with van der Waals surface area (Å²) in [6, 6.07) is 0. The summed E-state index contributed by atoms with van der Waals surface area (Å²) in [4.78, 5) is 38.3. The Hall–Kier alpha value is -4.19. The minimum absolute atomic E-state index is 0.0950. The fourth-order valence-corrected chi connectivity index (χ4v) is 8.26. The van der Waals surface area contributed by atoms with Crippen LogP contribution in [0.2, 0.25) is 0 Å². The summed E-state index contributed by atoms with van der Waals surface area (Å²) in [7, 11) is 0. The molecule has 0 aromatic carbocycles. The third-order valence-electron chi connectivity index (χ3n) is 12.9. The molecule has 0 fully saturated rings. The highest BCUT2D eigenvalue weighted by molar-refractivity contribution is 5.71. The molecular weight excluding hydrogens is 925 g/mol. The molecule has 0 saturated carbocycles. The first-order valence-corrected chi connectivity index (χ1v) is 31.0. The summed E-state index contributed by atoms with van der Waals surface area (Å²) in [5.41, 5.74) is 0. The number of carbonyl (C=O) groups is 3. The number of rotatable bonds is 55. The summed E-state index contributed by atoms with van der Waals surface area (Å²) in [6.07, 6.45) is 86.2. The largest absolute Gasteiger partial charge is 0.462 e. The molecule has 0 aromatic heterocycles. The van der Waals surface area contributed by atoms with Crippen LogP contribution in [-0.2, 0) is 28.6 Å². The minimum atomic E-state index is -0.799. The summed E-state index contributed by atoms with van der Waals surface area (Å²) >= 11 is 0. The molecule has 0 heterocycles. The molecule has 6 nitrogen and oxygen atoms in total. The van der Waals surface area contributed by atoms with Crippen LogP contribution in [0.25, 0.3) is 0 Å². The van der Waals surface area contributed by atoms with E-state index in [2.05, 4.69) is 142 Å². The van der Waals surface area contributed by atoms with Gasteiger partial charge in [0.15, 0.2) is 6.10 Å². The number of unbranched alkanes of at least 4 members (excludes halogenated alkanes) is 24. The third kappa shape index (κ3) is 60.6. The molecule has 0 rings (SSSR count). The Labute approximate surface area is 462 Å². The van der Waals surface area contributed by atoms with E-state index in [1.54, 1.807) is 0 Å². The monoisotopic (exact) mass is 1040 g/mol. The average Bonchev–Trinajstić information content (AvgIpc) is 3.41. The van der Waals surface area contributed by atoms with Crippen LogP contribution in [0, 0.1) is 0 Å². The van der Waals surface area contributed by atoms with E-state index >= 15 is 0 Å². The normalized spacial score (nSPS) is 12.9. The molecule has 0 aliphatic rings. The fourth-order valence-electron chi connectivity index (χ4n) is 8.26. The maximum Gasteiger partial charge on any atom is 0.306 e. The first-order chi connectivity index (χ1) is 37.0. The van der Waals surface area contributed by atoms with Crippen molar-refractivity contribution in [3.05, 3.63) is 122 Å². The van der Waals surface area contributed by atoms with Crippen molar-refractivity contribution in [1.29, 1.82) is 0 Å². The van der Waals surface area contributed by atoms with Gasteiger partial charge in [0.1, 0.15) is 13.2 Å². The molecule has 0 spiro atoms. The highest BCUT2D eigenvalue weighted by Gasteiger charge is 2.19. The number of carbonyl (C=O) groups excluding carboxylic acids is 3. The van der Waals surface area contributed by atoms with Gasteiger partial charge in [0.25, 0.3) is 0 Å². The van der Waals surface area contributed by atoms with Crippen LogP contribution in [0.3, 0.4) is 0 Å². The van der Waals surface area contributed by atoms with Crippen LogP contribution in [0.1, 0.15) is 278 Å². The number of esters is 3. The number of hydrogen-bond acceptors (Lipinski definition) is 6. The second-order valence-corrected chi connectivity index (χ2v) is 20.2. The SMILES string of the molecule is CC/C=C\C/C=C\C/C=C\C/C=C\C/C=C\C/C=C\CCCCCCCCCCC(=O)OCC(COC(=O)CCCCCCC/C=C\C/C=C\CCCC)OC(=O)CCCCCCC/C=C\C/C=C\CCCCCC. The van der Waals surface area contributed by atoms with Crippen LogP contribution >= 0.6 is 0 Å². The fraction of sp³-hybridized carbons (Fsp3) is 0.667. The van der Waals surface area contributed by atoms with Crippen molar-refractivity contribution in [1.82, 2.24) is 0 Å². The predicted molar refractivity (Wildman–Crippen MR) is 325 cm³/mol. The van der Waals surface area contributed by atoms with E-state index in [4.69, 9.17) is 14.2 Å². The van der Waals surface area contributed by atoms with E-state index in [0.29, 0.717) is 19.3 Å². The van der Waals surface area contributed by atoms with Crippen molar-refractivity contribution >= 4 is 17.9 Å². The highest BCUT2D eigenvalue weighted by Crippen LogP contribution is 2.14. The van der Waals surface area contributed by atoms with E-state index in [1.807, 2.05) is 0 Å². The van der Waals surface area contributed by atoms with E-state index in [9.17, 15) is 14.4 Å². The Kier molecular flexibility index (Phi) is 58.9. The second kappa shape index (κ2) is 62.4. The molecule has 75 heavy (non-hydrogen) atoms. The van der Waals surface area contributed by atoms with Crippen molar-refractivity contribution in [2.45, 2.75) is 284 Å². The van der Waals surface area contributed by atoms with Gasteiger partial charge in [-0.25, -0.2) is 0 Å². The molecule has 0 aliphatic carbocycles. The smallest absolute Gasteiger partial charge is 0.306 e. The van der Waals surface area contributed by atoms with Gasteiger partial charge in [-0.1, -0.05) is 251 Å². The Morgan fingerprint density at radius 3 is 0.853 bits per heavy atom. The lowest BCUT2D eigenvalue weighted by Gasteiger charge is -2.18. The molecule has 1 unspecified atom stereocenters. The standard InChI is InChI=1S/C69H114O6/c1-4-7-10-13-16-19-22-25-28-30-31-32-33-34-35-36-37-38-39-40-42-44-47-50-53-56-59-62-68(71)74-65-66(64-73-67(70)61-58-55-52-49-46-43-27-24-21-18-15-12-9-6-3)75-69(72)63-60-57-54-51-48-45-41-29-26-23-20-17-14-11-8-5-2/h7,10,15-16,18-20,23-25,27-29,31-32,34-35,37-38,41,66H,4-6,8-9,11-14,17,21-22,26,30,33,36,39-40,42-65H2,1-3H3/b10-7-,18-15-,19-16-,23-20-,27-24-,28-25-,32-31-,35-34-,38-37-,41-29-. The quantitative estimate of drug-likeness (QED) is 0.0261. The van der Waals surface area contributed by atoms with Gasteiger partial charge in [-0.15, -0.1) is 0 Å². The van der Waals surface area contributed by atoms with Gasteiger partial charge < -0.3 is 14.2 Å². The zero-order valence-electron chi connectivity index (χ0n) is 48.8. The van der Waals surface area contributed by atoms with Crippen molar-refractivity contribution in [2.75, 3.05) is 13.2 Å². The second-order valence-electron chi connectivity index (χ2n) is 20.2. The third-order valence-corrected chi connectivity index (χ3v) is 12.9. The van der Waals surface area contributed by atoms with Gasteiger partial charge >= 0.3 is 17.9 Å². The zero-order valence-corrected chi connectivity index (χ0v) is 48.8. The van der Waals surface area contributed by atoms with Crippen molar-refractivity contribution in [3.63, 3.8) is 0 Å². The molecule has 0 saturated heterocycles. The number of hydrogen-bond donors (Lipinski definition) is 0. The Bertz CT molecular complexity index is 1570. The summed E-state index contributed by atoms with van der Waals surface area (Å²) in [5.74, 6) is -0.928. The molecule has 0 aliphatic heterocycles. The van der Waals surface area contributed by atoms with Gasteiger partial charge in [-0.3, -0.25) is 14.4 Å². The van der Waals surface area contributed by atoms with E-state index < -0.39 is 6.10 Å². The van der Waals surface area contributed by atoms with Gasteiger partial charge in [0.05, 0.1) is 0 Å². The van der Waals surface area contributed by atoms with Crippen LogP contribution in [0.15, 0.2) is 122 Å². The minimum Gasteiger partial charge on any atom is -0.462 e. The molecule has 0 radical (unpaired) electrons. The first-order valence-electron chi connectivity index (χ1n) is 31.0. The van der Waals surface area contributed by atoms with Crippen molar-refractivity contribution in [2.24, 2.45) is 0 Å². The number of ether oxygens (including phenoxy) is 3. The summed E-state index contributed by atoms with van der Waals surface area (Å²) < 4.78 is 16.9. The predicted octanol–water partition coefficient (Wildman–Crippen LogP) is 21.2. The van der Waals surface area contributed by atoms with Gasteiger partial charge in [0, 0.05) is 19.3 Å². The van der Waals surface area contributed by atoms with Crippen molar-refractivity contribution in [3.8, 4) is 0 Å². The average molecular weight is 1040 g/mol. The Balaban J connectivity index is 4.38.